The maximum Gasteiger partial charge on any atom is 0.337 e. The third-order valence-corrected chi connectivity index (χ3v) is 6.40. The zero-order chi connectivity index (χ0) is 20.2. The molecule has 8 nitrogen and oxygen atoms in total. The fourth-order valence-corrected chi connectivity index (χ4v) is 4.97. The molecule has 1 aliphatic heterocycles. The molecule has 2 N–H and O–H groups in total. The maximum absolute atomic E-state index is 11.9. The zero-order valence-electron chi connectivity index (χ0n) is 16.7. The largest absolute Gasteiger partial charge is 0.465 e. The molecular formula is C21H24N6O2. The number of aromatic nitrogens is 4. The number of carbonyl (C=O) groups is 1. The molecule has 1 aromatic carbocycles. The summed E-state index contributed by atoms with van der Waals surface area (Å²) in [5, 5.41) is 0. The predicted octanol–water partition coefficient (Wildman–Crippen LogP) is 2.22. The molecule has 3 aromatic rings. The average molecular weight is 392 g/mol. The van der Waals surface area contributed by atoms with E-state index >= 15 is 0 Å². The molecule has 2 aromatic heterocycles. The minimum Gasteiger partial charge on any atom is -0.465 e. The number of rotatable bonds is 2. The average Bonchev–Trinajstić information content (AvgIpc) is 3.25. The number of fused-ring (bicyclic) bond motifs is 3. The predicted molar refractivity (Wildman–Crippen MR) is 110 cm³/mol. The molecule has 150 valence electrons. The van der Waals surface area contributed by atoms with Crippen molar-refractivity contribution in [2.45, 2.75) is 31.1 Å². The van der Waals surface area contributed by atoms with Crippen LogP contribution in [0.2, 0.25) is 0 Å². The SMILES string of the molecule is COC(=O)c1ccc2c(c1)nc(N1CCCC3(CCc4cnc(N)nc43)C1)n2C. The monoisotopic (exact) mass is 392 g/mol. The topological polar surface area (TPSA) is 99.2 Å². The third kappa shape index (κ3) is 2.73. The van der Waals surface area contributed by atoms with Gasteiger partial charge in [-0.3, -0.25) is 0 Å². The quantitative estimate of drug-likeness (QED) is 0.668. The van der Waals surface area contributed by atoms with Crippen LogP contribution in [-0.4, -0.2) is 45.7 Å². The Morgan fingerprint density at radius 1 is 1.28 bits per heavy atom. The van der Waals surface area contributed by atoms with Crippen molar-refractivity contribution in [1.29, 1.82) is 0 Å². The summed E-state index contributed by atoms with van der Waals surface area (Å²) < 4.78 is 6.94. The van der Waals surface area contributed by atoms with Gasteiger partial charge in [0, 0.05) is 31.7 Å². The maximum atomic E-state index is 11.9. The van der Waals surface area contributed by atoms with Crippen LogP contribution in [0.3, 0.4) is 0 Å². The Morgan fingerprint density at radius 3 is 2.97 bits per heavy atom. The van der Waals surface area contributed by atoms with Gasteiger partial charge in [-0.05, 0) is 49.4 Å². The van der Waals surface area contributed by atoms with Gasteiger partial charge in [-0.15, -0.1) is 0 Å². The van der Waals surface area contributed by atoms with Crippen molar-refractivity contribution >= 4 is 28.9 Å². The van der Waals surface area contributed by atoms with E-state index in [1.165, 1.54) is 12.7 Å². The number of anilines is 2. The van der Waals surface area contributed by atoms with E-state index in [0.717, 1.165) is 61.4 Å². The molecule has 0 saturated carbocycles. The lowest BCUT2D eigenvalue weighted by molar-refractivity contribution is 0.0601. The number of piperidine rings is 1. The first-order chi connectivity index (χ1) is 14.0. The van der Waals surface area contributed by atoms with Crippen LogP contribution in [-0.2, 0) is 23.6 Å². The Morgan fingerprint density at radius 2 is 2.14 bits per heavy atom. The molecule has 0 radical (unpaired) electrons. The second-order valence-electron chi connectivity index (χ2n) is 8.07. The lowest BCUT2D eigenvalue weighted by Crippen LogP contribution is -2.46. The van der Waals surface area contributed by atoms with E-state index < -0.39 is 0 Å². The van der Waals surface area contributed by atoms with E-state index in [1.807, 2.05) is 19.3 Å². The molecule has 1 atom stereocenters. The van der Waals surface area contributed by atoms with E-state index in [1.54, 1.807) is 12.1 Å². The minimum atomic E-state index is -0.351. The van der Waals surface area contributed by atoms with Gasteiger partial charge >= 0.3 is 5.97 Å². The van der Waals surface area contributed by atoms with Gasteiger partial charge in [-0.2, -0.15) is 0 Å². The number of ether oxygens (including phenoxy) is 1. The van der Waals surface area contributed by atoms with Crippen molar-refractivity contribution in [2.75, 3.05) is 30.8 Å². The fourth-order valence-electron chi connectivity index (χ4n) is 4.97. The number of aryl methyl sites for hydroxylation is 2. The normalized spacial score (nSPS) is 21.0. The van der Waals surface area contributed by atoms with Gasteiger partial charge < -0.3 is 19.9 Å². The summed E-state index contributed by atoms with van der Waals surface area (Å²) in [6.07, 6.45) is 6.11. The standard InChI is InChI=1S/C21H24N6O2/c1-26-16-5-4-13(18(28)29-2)10-15(16)24-20(26)27-9-3-7-21(12-27)8-6-14-11-23-19(22)25-17(14)21/h4-5,10-11H,3,6-9,12H2,1-2H3,(H2,22,23,25). The lowest BCUT2D eigenvalue weighted by atomic mass is 9.77. The number of methoxy groups -OCH3 is 1. The van der Waals surface area contributed by atoms with Crippen LogP contribution < -0.4 is 10.6 Å². The molecule has 1 unspecified atom stereocenters. The summed E-state index contributed by atoms with van der Waals surface area (Å²) in [4.78, 5) is 27.9. The Labute approximate surface area is 168 Å². The number of carbonyl (C=O) groups excluding carboxylic acids is 1. The molecule has 1 aliphatic carbocycles. The number of imidazole rings is 1. The van der Waals surface area contributed by atoms with E-state index in [-0.39, 0.29) is 11.4 Å². The molecule has 0 amide bonds. The zero-order valence-corrected chi connectivity index (χ0v) is 16.7. The van der Waals surface area contributed by atoms with E-state index in [2.05, 4.69) is 19.4 Å². The summed E-state index contributed by atoms with van der Waals surface area (Å²) in [6, 6.07) is 5.50. The Hall–Kier alpha value is -3.16. The fraction of sp³-hybridized carbons (Fsp3) is 0.429. The number of nitrogens with two attached hydrogens (primary N) is 1. The van der Waals surface area contributed by atoms with Crippen molar-refractivity contribution in [1.82, 2.24) is 19.5 Å². The van der Waals surface area contributed by atoms with Crippen molar-refractivity contribution in [2.24, 2.45) is 7.05 Å². The Bertz CT molecular complexity index is 1120. The first-order valence-corrected chi connectivity index (χ1v) is 9.92. The van der Waals surface area contributed by atoms with Gasteiger partial charge in [0.2, 0.25) is 11.9 Å². The number of hydrogen-bond donors (Lipinski definition) is 1. The van der Waals surface area contributed by atoms with E-state index in [0.29, 0.717) is 11.5 Å². The summed E-state index contributed by atoms with van der Waals surface area (Å²) in [5.41, 5.74) is 10.5. The summed E-state index contributed by atoms with van der Waals surface area (Å²) in [5.74, 6) is 0.910. The molecule has 8 heteroatoms. The van der Waals surface area contributed by atoms with Gasteiger partial charge in [0.1, 0.15) is 0 Å². The second-order valence-corrected chi connectivity index (χ2v) is 8.07. The van der Waals surface area contributed by atoms with Crippen LogP contribution in [0.15, 0.2) is 24.4 Å². The van der Waals surface area contributed by atoms with Crippen LogP contribution in [0, 0.1) is 0 Å². The summed E-state index contributed by atoms with van der Waals surface area (Å²) >= 11 is 0. The van der Waals surface area contributed by atoms with Crippen LogP contribution in [0.4, 0.5) is 11.9 Å². The number of hydrogen-bond acceptors (Lipinski definition) is 7. The highest BCUT2D eigenvalue weighted by Crippen LogP contribution is 2.44. The smallest absolute Gasteiger partial charge is 0.337 e. The highest BCUT2D eigenvalue weighted by Gasteiger charge is 2.44. The number of nitrogens with zero attached hydrogens (tertiary/aromatic N) is 5. The van der Waals surface area contributed by atoms with Gasteiger partial charge in [0.25, 0.3) is 0 Å². The number of nitrogen functional groups attached to an aromatic ring is 1. The Balaban J connectivity index is 1.52. The van der Waals surface area contributed by atoms with Crippen LogP contribution >= 0.6 is 0 Å². The van der Waals surface area contributed by atoms with Crippen molar-refractivity contribution < 1.29 is 9.53 Å². The first-order valence-electron chi connectivity index (χ1n) is 9.92. The first kappa shape index (κ1) is 17.9. The molecule has 0 bridgehead atoms. The number of benzene rings is 1. The molecule has 2 aliphatic rings. The molecule has 1 fully saturated rings. The molecule has 1 saturated heterocycles. The van der Waals surface area contributed by atoms with Crippen molar-refractivity contribution in [3.8, 4) is 0 Å². The number of esters is 1. The molecule has 5 rings (SSSR count). The molecular weight excluding hydrogens is 368 g/mol. The second kappa shape index (κ2) is 6.43. The van der Waals surface area contributed by atoms with Crippen molar-refractivity contribution in [3.63, 3.8) is 0 Å². The van der Waals surface area contributed by atoms with Gasteiger partial charge in [-0.25, -0.2) is 19.7 Å². The van der Waals surface area contributed by atoms with Crippen molar-refractivity contribution in [3.05, 3.63) is 41.2 Å². The molecule has 1 spiro atoms. The van der Waals surface area contributed by atoms with Gasteiger partial charge in [0.15, 0.2) is 0 Å². The van der Waals surface area contributed by atoms with E-state index in [4.69, 9.17) is 15.5 Å². The third-order valence-electron chi connectivity index (χ3n) is 6.40. The van der Waals surface area contributed by atoms with E-state index in [9.17, 15) is 4.79 Å². The minimum absolute atomic E-state index is 0.0000449. The highest BCUT2D eigenvalue weighted by molar-refractivity contribution is 5.94. The highest BCUT2D eigenvalue weighted by atomic mass is 16.5. The van der Waals surface area contributed by atoms with Gasteiger partial charge in [0.05, 0.1) is 29.4 Å². The summed E-state index contributed by atoms with van der Waals surface area (Å²) in [7, 11) is 3.41. The van der Waals surface area contributed by atoms with Crippen LogP contribution in [0.25, 0.3) is 11.0 Å². The van der Waals surface area contributed by atoms with Gasteiger partial charge in [-0.1, -0.05) is 0 Å². The Kier molecular flexibility index (Phi) is 3.97. The van der Waals surface area contributed by atoms with Crippen LogP contribution in [0.5, 0.6) is 0 Å². The lowest BCUT2D eigenvalue weighted by Gasteiger charge is -2.40. The van der Waals surface area contributed by atoms with Crippen LogP contribution in [0.1, 0.15) is 40.9 Å². The molecule has 29 heavy (non-hydrogen) atoms. The molecule has 3 heterocycles. The summed E-state index contributed by atoms with van der Waals surface area (Å²) in [6.45, 7) is 1.80.